The Labute approximate surface area is 171 Å². The molecule has 3 aromatic rings. The van der Waals surface area contributed by atoms with Crippen molar-refractivity contribution in [1.29, 1.82) is 0 Å². The third-order valence-corrected chi connectivity index (χ3v) is 4.70. The summed E-state index contributed by atoms with van der Waals surface area (Å²) in [5.41, 5.74) is 2.12. The van der Waals surface area contributed by atoms with Gasteiger partial charge in [-0.25, -0.2) is 4.39 Å². The van der Waals surface area contributed by atoms with Crippen molar-refractivity contribution in [2.24, 2.45) is 0 Å². The van der Waals surface area contributed by atoms with E-state index in [2.05, 4.69) is 0 Å². The summed E-state index contributed by atoms with van der Waals surface area (Å²) in [5, 5.41) is 11.0. The molecule has 150 valence electrons. The van der Waals surface area contributed by atoms with E-state index in [-0.39, 0.29) is 29.7 Å². The second kappa shape index (κ2) is 7.79. The second-order valence-corrected chi connectivity index (χ2v) is 6.78. The van der Waals surface area contributed by atoms with Gasteiger partial charge in [-0.2, -0.15) is 0 Å². The lowest BCUT2D eigenvalue weighted by Gasteiger charge is -2.11. The zero-order valence-electron chi connectivity index (χ0n) is 15.9. The standard InChI is InChI=1S/C23H16FNO5/c1-14-20(29-13-16-5-2-6-17(24)10-16)9-8-19-22(26)21(30-23(14)19)12-15-4-3-7-18(11-15)25(27)28/h2-12H,13H2,1H3/b21-12-. The zero-order valence-corrected chi connectivity index (χ0v) is 15.9. The van der Waals surface area contributed by atoms with Gasteiger partial charge in [0.1, 0.15) is 23.9 Å². The minimum atomic E-state index is -0.500. The van der Waals surface area contributed by atoms with Crippen LogP contribution in [0.25, 0.3) is 6.08 Å². The first-order valence-corrected chi connectivity index (χ1v) is 9.12. The maximum absolute atomic E-state index is 13.3. The molecule has 0 N–H and O–H groups in total. The number of ketones is 1. The highest BCUT2D eigenvalue weighted by Crippen LogP contribution is 2.39. The molecule has 0 saturated heterocycles. The Balaban J connectivity index is 1.58. The molecule has 30 heavy (non-hydrogen) atoms. The summed E-state index contributed by atoms with van der Waals surface area (Å²) in [6, 6.07) is 15.3. The van der Waals surface area contributed by atoms with Crippen molar-refractivity contribution >= 4 is 17.5 Å². The Morgan fingerprint density at radius 3 is 2.70 bits per heavy atom. The molecule has 0 atom stereocenters. The predicted molar refractivity (Wildman–Crippen MR) is 108 cm³/mol. The van der Waals surface area contributed by atoms with E-state index in [9.17, 15) is 19.3 Å². The van der Waals surface area contributed by atoms with Gasteiger partial charge in [0.15, 0.2) is 5.76 Å². The van der Waals surface area contributed by atoms with Crippen molar-refractivity contribution in [3.63, 3.8) is 0 Å². The molecule has 0 amide bonds. The number of carbonyl (C=O) groups excluding carboxylic acids is 1. The molecule has 1 aliphatic rings. The Bertz CT molecular complexity index is 1200. The molecule has 0 saturated carbocycles. The van der Waals surface area contributed by atoms with E-state index < -0.39 is 4.92 Å². The highest BCUT2D eigenvalue weighted by Gasteiger charge is 2.30. The minimum Gasteiger partial charge on any atom is -0.488 e. The first-order chi connectivity index (χ1) is 14.4. The van der Waals surface area contributed by atoms with E-state index >= 15 is 0 Å². The number of rotatable bonds is 5. The quantitative estimate of drug-likeness (QED) is 0.330. The van der Waals surface area contributed by atoms with Gasteiger partial charge in [-0.15, -0.1) is 0 Å². The number of carbonyl (C=O) groups is 1. The van der Waals surface area contributed by atoms with Gasteiger partial charge in [-0.3, -0.25) is 14.9 Å². The highest BCUT2D eigenvalue weighted by atomic mass is 19.1. The van der Waals surface area contributed by atoms with Crippen LogP contribution in [-0.2, 0) is 6.61 Å². The molecule has 6 nitrogen and oxygen atoms in total. The number of ether oxygens (including phenoxy) is 2. The van der Waals surface area contributed by atoms with Gasteiger partial charge in [0.25, 0.3) is 5.69 Å². The number of hydrogen-bond donors (Lipinski definition) is 0. The Kier molecular flexibility index (Phi) is 5.02. The third kappa shape index (κ3) is 3.77. The Hall–Kier alpha value is -4.00. The number of halogens is 1. The lowest BCUT2D eigenvalue weighted by molar-refractivity contribution is -0.384. The van der Waals surface area contributed by atoms with E-state index in [1.165, 1.54) is 30.3 Å². The summed E-state index contributed by atoms with van der Waals surface area (Å²) in [5.74, 6) is 0.328. The van der Waals surface area contributed by atoms with Gasteiger partial charge >= 0.3 is 0 Å². The van der Waals surface area contributed by atoms with Crippen molar-refractivity contribution in [3.05, 3.63) is 105 Å². The van der Waals surface area contributed by atoms with Crippen LogP contribution in [0.3, 0.4) is 0 Å². The lowest BCUT2D eigenvalue weighted by atomic mass is 10.1. The second-order valence-electron chi connectivity index (χ2n) is 6.78. The number of non-ortho nitro benzene ring substituents is 1. The van der Waals surface area contributed by atoms with Gasteiger partial charge in [-0.05, 0) is 48.4 Å². The molecule has 0 spiro atoms. The largest absolute Gasteiger partial charge is 0.488 e. The molecule has 3 aromatic carbocycles. The SMILES string of the molecule is Cc1c(OCc2cccc(F)c2)ccc2c1O/C(=C\c1cccc([N+](=O)[O-])c1)C2=O. The maximum Gasteiger partial charge on any atom is 0.270 e. The van der Waals surface area contributed by atoms with Gasteiger partial charge in [-0.1, -0.05) is 24.3 Å². The van der Waals surface area contributed by atoms with Crippen molar-refractivity contribution < 1.29 is 23.6 Å². The molecule has 1 heterocycles. The van der Waals surface area contributed by atoms with Crippen LogP contribution in [0.2, 0.25) is 0 Å². The van der Waals surface area contributed by atoms with Crippen molar-refractivity contribution in [3.8, 4) is 11.5 Å². The molecule has 0 bridgehead atoms. The molecule has 0 radical (unpaired) electrons. The highest BCUT2D eigenvalue weighted by molar-refractivity contribution is 6.15. The first-order valence-electron chi connectivity index (χ1n) is 9.12. The zero-order chi connectivity index (χ0) is 21.3. The van der Waals surface area contributed by atoms with E-state index in [1.54, 1.807) is 43.3 Å². The summed E-state index contributed by atoms with van der Waals surface area (Å²) in [7, 11) is 0. The predicted octanol–water partition coefficient (Wildman–Crippen LogP) is 5.24. The van der Waals surface area contributed by atoms with Crippen LogP contribution in [0.15, 0.2) is 66.4 Å². The molecule has 0 fully saturated rings. The number of nitro benzene ring substituents is 1. The van der Waals surface area contributed by atoms with Crippen LogP contribution >= 0.6 is 0 Å². The van der Waals surface area contributed by atoms with Gasteiger partial charge in [0.2, 0.25) is 5.78 Å². The lowest BCUT2D eigenvalue weighted by Crippen LogP contribution is -1.98. The molecule has 7 heteroatoms. The number of fused-ring (bicyclic) bond motifs is 1. The maximum atomic E-state index is 13.3. The Morgan fingerprint density at radius 2 is 1.93 bits per heavy atom. The molecular weight excluding hydrogens is 389 g/mol. The van der Waals surface area contributed by atoms with Crippen molar-refractivity contribution in [2.45, 2.75) is 13.5 Å². The average molecular weight is 405 g/mol. The first kappa shape index (κ1) is 19.3. The van der Waals surface area contributed by atoms with Crippen LogP contribution in [0.4, 0.5) is 10.1 Å². The normalized spacial score (nSPS) is 13.8. The van der Waals surface area contributed by atoms with Crippen molar-refractivity contribution in [1.82, 2.24) is 0 Å². The topological polar surface area (TPSA) is 78.7 Å². The minimum absolute atomic E-state index is 0.0727. The monoisotopic (exact) mass is 405 g/mol. The van der Waals surface area contributed by atoms with Crippen molar-refractivity contribution in [2.75, 3.05) is 0 Å². The fourth-order valence-electron chi connectivity index (χ4n) is 3.19. The summed E-state index contributed by atoms with van der Waals surface area (Å²) < 4.78 is 24.9. The summed E-state index contributed by atoms with van der Waals surface area (Å²) >= 11 is 0. The van der Waals surface area contributed by atoms with E-state index in [0.717, 1.165) is 0 Å². The summed E-state index contributed by atoms with van der Waals surface area (Å²) in [4.78, 5) is 23.1. The fourth-order valence-corrected chi connectivity index (χ4v) is 3.19. The number of benzene rings is 3. The number of allylic oxidation sites excluding steroid dienone is 1. The van der Waals surface area contributed by atoms with E-state index in [4.69, 9.17) is 9.47 Å². The van der Waals surface area contributed by atoms with Gasteiger partial charge in [0.05, 0.1) is 10.5 Å². The number of nitro groups is 1. The number of nitrogens with zero attached hydrogens (tertiary/aromatic N) is 1. The smallest absolute Gasteiger partial charge is 0.270 e. The molecule has 0 unspecified atom stereocenters. The molecule has 4 rings (SSSR count). The van der Waals surface area contributed by atoms with E-state index in [1.807, 2.05) is 0 Å². The number of Topliss-reactive ketones (excluding diaryl/α,β-unsaturated/α-hetero) is 1. The summed E-state index contributed by atoms with van der Waals surface area (Å²) in [6.07, 6.45) is 1.47. The fraction of sp³-hybridized carbons (Fsp3) is 0.0870. The van der Waals surface area contributed by atoms with E-state index in [0.29, 0.717) is 33.8 Å². The third-order valence-electron chi connectivity index (χ3n) is 4.70. The molecule has 0 aromatic heterocycles. The summed E-state index contributed by atoms with van der Waals surface area (Å²) in [6.45, 7) is 1.94. The van der Waals surface area contributed by atoms with Crippen LogP contribution < -0.4 is 9.47 Å². The van der Waals surface area contributed by atoms with Crippen LogP contribution in [-0.4, -0.2) is 10.7 Å². The van der Waals surface area contributed by atoms with Crippen LogP contribution in [0, 0.1) is 22.9 Å². The van der Waals surface area contributed by atoms with Crippen LogP contribution in [0.1, 0.15) is 27.0 Å². The van der Waals surface area contributed by atoms with Gasteiger partial charge < -0.3 is 9.47 Å². The average Bonchev–Trinajstić information content (AvgIpc) is 3.04. The number of hydrogen-bond acceptors (Lipinski definition) is 5. The molecular formula is C23H16FNO5. The van der Waals surface area contributed by atoms with Crippen LogP contribution in [0.5, 0.6) is 11.5 Å². The molecule has 1 aliphatic heterocycles. The van der Waals surface area contributed by atoms with Gasteiger partial charge in [0, 0.05) is 17.7 Å². The Morgan fingerprint density at radius 1 is 1.13 bits per heavy atom. The molecule has 0 aliphatic carbocycles.